The highest BCUT2D eigenvalue weighted by molar-refractivity contribution is 5.95. The van der Waals surface area contributed by atoms with E-state index in [9.17, 15) is 0 Å². The van der Waals surface area contributed by atoms with Crippen LogP contribution in [0.5, 0.6) is 0 Å². The molecule has 0 aliphatic heterocycles. The van der Waals surface area contributed by atoms with Crippen LogP contribution in [0, 0.1) is 5.92 Å². The molecule has 0 aliphatic rings. The van der Waals surface area contributed by atoms with Crippen LogP contribution in [0.4, 0.5) is 0 Å². The fourth-order valence-corrected chi connectivity index (χ4v) is 0.966. The van der Waals surface area contributed by atoms with Gasteiger partial charge >= 0.3 is 0 Å². The van der Waals surface area contributed by atoms with Gasteiger partial charge in [0.1, 0.15) is 11.5 Å². The van der Waals surface area contributed by atoms with Crippen LogP contribution in [0.3, 0.4) is 0 Å². The topological polar surface area (TPSA) is 56.2 Å². The van der Waals surface area contributed by atoms with Crippen molar-refractivity contribution in [3.63, 3.8) is 0 Å². The quantitative estimate of drug-likeness (QED) is 0.552. The Bertz CT molecular complexity index is 298. The molecule has 0 amide bonds. The highest BCUT2D eigenvalue weighted by Gasteiger charge is 2.02. The van der Waals surface area contributed by atoms with Crippen LogP contribution in [-0.4, -0.2) is 21.9 Å². The van der Waals surface area contributed by atoms with Crippen molar-refractivity contribution in [1.29, 1.82) is 0 Å². The molecule has 0 atom stereocenters. The maximum Gasteiger partial charge on any atom is 0.144 e. The van der Waals surface area contributed by atoms with E-state index in [1.54, 1.807) is 12.5 Å². The number of amidine groups is 1. The first-order valence-electron chi connectivity index (χ1n) is 4.38. The minimum Gasteiger partial charge on any atom is -0.382 e. The van der Waals surface area contributed by atoms with Crippen LogP contribution in [0.15, 0.2) is 17.5 Å². The average Bonchev–Trinajstić information content (AvgIpc) is 2.47. The molecule has 1 aromatic heterocycles. The predicted octanol–water partition coefficient (Wildman–Crippen LogP) is 0.781. The molecule has 0 aromatic carbocycles. The van der Waals surface area contributed by atoms with Gasteiger partial charge in [0.15, 0.2) is 0 Å². The number of aliphatic imine (C=N–C) groups is 1. The highest BCUT2D eigenvalue weighted by Crippen LogP contribution is 1.98. The zero-order valence-corrected chi connectivity index (χ0v) is 8.36. The number of imidazole rings is 1. The van der Waals surface area contributed by atoms with E-state index in [-0.39, 0.29) is 0 Å². The normalized spacial score (nSPS) is 12.5. The molecule has 1 heterocycles. The monoisotopic (exact) mass is 180 g/mol. The molecule has 2 N–H and O–H groups in total. The van der Waals surface area contributed by atoms with Gasteiger partial charge < -0.3 is 10.3 Å². The molecule has 1 aromatic rings. The second-order valence-electron chi connectivity index (χ2n) is 3.51. The summed E-state index contributed by atoms with van der Waals surface area (Å²) in [6.07, 6.45) is 3.44. The van der Waals surface area contributed by atoms with Gasteiger partial charge in [-0.15, -0.1) is 0 Å². The molecule has 0 radical (unpaired) electrons. The van der Waals surface area contributed by atoms with Gasteiger partial charge in [0.05, 0.1) is 12.5 Å². The van der Waals surface area contributed by atoms with Crippen molar-refractivity contribution < 1.29 is 0 Å². The summed E-state index contributed by atoms with van der Waals surface area (Å²) in [6, 6.07) is 0. The largest absolute Gasteiger partial charge is 0.382 e. The van der Waals surface area contributed by atoms with E-state index < -0.39 is 0 Å². The molecular formula is C9H16N4. The number of hydrogen-bond acceptors (Lipinski definition) is 2. The van der Waals surface area contributed by atoms with Gasteiger partial charge in [0.25, 0.3) is 0 Å². The molecule has 13 heavy (non-hydrogen) atoms. The molecule has 72 valence electrons. The maximum absolute atomic E-state index is 5.78. The van der Waals surface area contributed by atoms with Gasteiger partial charge in [-0.25, -0.2) is 4.98 Å². The second kappa shape index (κ2) is 4.07. The molecular weight excluding hydrogens is 164 g/mol. The lowest BCUT2D eigenvalue weighted by Gasteiger charge is -2.03. The van der Waals surface area contributed by atoms with E-state index in [1.165, 1.54) is 0 Å². The Morgan fingerprint density at radius 2 is 2.38 bits per heavy atom. The maximum atomic E-state index is 5.78. The van der Waals surface area contributed by atoms with Crippen LogP contribution < -0.4 is 5.73 Å². The van der Waals surface area contributed by atoms with Gasteiger partial charge in [-0.1, -0.05) is 13.8 Å². The lowest BCUT2D eigenvalue weighted by Crippen LogP contribution is -2.18. The van der Waals surface area contributed by atoms with E-state index in [0.717, 1.165) is 12.2 Å². The van der Waals surface area contributed by atoms with Crippen molar-refractivity contribution in [1.82, 2.24) is 9.55 Å². The van der Waals surface area contributed by atoms with Crippen molar-refractivity contribution >= 4 is 5.84 Å². The van der Waals surface area contributed by atoms with Gasteiger partial charge in [0.2, 0.25) is 0 Å². The van der Waals surface area contributed by atoms with E-state index in [2.05, 4.69) is 23.8 Å². The summed E-state index contributed by atoms with van der Waals surface area (Å²) in [5, 5.41) is 0. The Morgan fingerprint density at radius 3 is 2.85 bits per heavy atom. The number of hydrogen-bond donors (Lipinski definition) is 1. The van der Waals surface area contributed by atoms with Gasteiger partial charge in [-0.2, -0.15) is 0 Å². The van der Waals surface area contributed by atoms with Crippen molar-refractivity contribution in [2.75, 3.05) is 6.54 Å². The Morgan fingerprint density at radius 1 is 1.69 bits per heavy atom. The molecule has 0 saturated heterocycles. The first kappa shape index (κ1) is 9.77. The number of nitrogens with zero attached hydrogens (tertiary/aromatic N) is 3. The molecule has 0 spiro atoms. The van der Waals surface area contributed by atoms with E-state index in [0.29, 0.717) is 11.8 Å². The zero-order valence-electron chi connectivity index (χ0n) is 8.36. The van der Waals surface area contributed by atoms with Crippen LogP contribution in [0.1, 0.15) is 19.5 Å². The summed E-state index contributed by atoms with van der Waals surface area (Å²) in [6.45, 7) is 4.98. The fraction of sp³-hybridized carbons (Fsp3) is 0.556. The van der Waals surface area contributed by atoms with Crippen LogP contribution in [0.2, 0.25) is 0 Å². The van der Waals surface area contributed by atoms with Crippen molar-refractivity contribution in [3.05, 3.63) is 18.2 Å². The summed E-state index contributed by atoms with van der Waals surface area (Å²) in [5.74, 6) is 1.10. The molecule has 0 bridgehead atoms. The lowest BCUT2D eigenvalue weighted by atomic mass is 10.2. The summed E-state index contributed by atoms with van der Waals surface area (Å²) in [5.41, 5.74) is 6.65. The predicted molar refractivity (Wildman–Crippen MR) is 53.6 cm³/mol. The summed E-state index contributed by atoms with van der Waals surface area (Å²) in [4.78, 5) is 8.23. The minimum atomic E-state index is 0.534. The van der Waals surface area contributed by atoms with Crippen LogP contribution in [0.25, 0.3) is 0 Å². The van der Waals surface area contributed by atoms with Crippen molar-refractivity contribution in [2.45, 2.75) is 13.8 Å². The molecule has 0 unspecified atom stereocenters. The lowest BCUT2D eigenvalue weighted by molar-refractivity contribution is 0.665. The zero-order chi connectivity index (χ0) is 9.84. The second-order valence-corrected chi connectivity index (χ2v) is 3.51. The van der Waals surface area contributed by atoms with Crippen molar-refractivity contribution in [2.24, 2.45) is 23.7 Å². The SMILES string of the molecule is CC(C)CN=C(N)c1cncn1C. The number of aryl methyl sites for hydroxylation is 1. The molecule has 1 rings (SSSR count). The highest BCUT2D eigenvalue weighted by atomic mass is 15.1. The van der Waals surface area contributed by atoms with Crippen LogP contribution >= 0.6 is 0 Å². The first-order chi connectivity index (χ1) is 6.11. The number of aromatic nitrogens is 2. The third-order valence-electron chi connectivity index (χ3n) is 1.71. The average molecular weight is 180 g/mol. The van der Waals surface area contributed by atoms with Gasteiger partial charge in [-0.05, 0) is 5.92 Å². The third-order valence-corrected chi connectivity index (χ3v) is 1.71. The summed E-state index contributed by atoms with van der Waals surface area (Å²) >= 11 is 0. The number of rotatable bonds is 3. The van der Waals surface area contributed by atoms with Crippen molar-refractivity contribution in [3.8, 4) is 0 Å². The molecule has 4 nitrogen and oxygen atoms in total. The summed E-state index contributed by atoms with van der Waals surface area (Å²) in [7, 11) is 1.90. The Balaban J connectivity index is 2.73. The Labute approximate surface area is 78.5 Å². The fourth-order valence-electron chi connectivity index (χ4n) is 0.966. The van der Waals surface area contributed by atoms with Gasteiger partial charge in [-0.3, -0.25) is 4.99 Å². The molecule has 0 aliphatic carbocycles. The first-order valence-corrected chi connectivity index (χ1v) is 4.38. The van der Waals surface area contributed by atoms with E-state index >= 15 is 0 Å². The third kappa shape index (κ3) is 2.57. The Hall–Kier alpha value is -1.32. The van der Waals surface area contributed by atoms with E-state index in [1.807, 2.05) is 11.6 Å². The summed E-state index contributed by atoms with van der Waals surface area (Å²) < 4.78 is 1.86. The molecule has 0 fully saturated rings. The van der Waals surface area contributed by atoms with Crippen LogP contribution in [-0.2, 0) is 7.05 Å². The molecule has 4 heteroatoms. The van der Waals surface area contributed by atoms with Gasteiger partial charge in [0, 0.05) is 13.6 Å². The number of nitrogens with two attached hydrogens (primary N) is 1. The molecule has 0 saturated carbocycles. The standard InChI is InChI=1S/C9H16N4/c1-7(2)4-12-9(10)8-5-11-6-13(8)3/h5-7H,4H2,1-3H3,(H2,10,12). The smallest absolute Gasteiger partial charge is 0.144 e. The minimum absolute atomic E-state index is 0.534. The Kier molecular flexibility index (Phi) is 3.06. The van der Waals surface area contributed by atoms with E-state index in [4.69, 9.17) is 5.73 Å².